The predicted octanol–water partition coefficient (Wildman–Crippen LogP) is -1.29. The Balaban J connectivity index is 1.79. The molecule has 0 aliphatic carbocycles. The number of hydrogen-bond donors (Lipinski definition) is 4. The van der Waals surface area contributed by atoms with Gasteiger partial charge in [0.2, 0.25) is 5.91 Å². The molecule has 1 aromatic rings. The lowest BCUT2D eigenvalue weighted by atomic mass is 9.99. The van der Waals surface area contributed by atoms with Crippen molar-refractivity contribution in [2.75, 3.05) is 6.54 Å². The van der Waals surface area contributed by atoms with Crippen molar-refractivity contribution in [2.24, 2.45) is 5.73 Å². The van der Waals surface area contributed by atoms with E-state index in [4.69, 9.17) is 10.3 Å². The van der Waals surface area contributed by atoms with E-state index in [1.807, 2.05) is 0 Å². The average molecular weight is 357 g/mol. The largest absolute Gasteiger partial charge is 0.504 e. The Morgan fingerprint density at radius 2 is 1.96 bits per heavy atom. The molecule has 2 fully saturated rings. The van der Waals surface area contributed by atoms with Gasteiger partial charge in [-0.3, -0.25) is 14.1 Å². The molecule has 2 aliphatic rings. The summed E-state index contributed by atoms with van der Waals surface area (Å²) in [6, 6.07) is 0.714. The molecule has 2 saturated heterocycles. The summed E-state index contributed by atoms with van der Waals surface area (Å²) in [5.41, 5.74) is 6.09. The van der Waals surface area contributed by atoms with E-state index in [-0.39, 0.29) is 24.3 Å². The molecule has 3 rings (SSSR count). The molecule has 3 atom stereocenters. The maximum atomic E-state index is 12.5. The molecule has 2 aliphatic heterocycles. The van der Waals surface area contributed by atoms with E-state index < -0.39 is 46.0 Å². The maximum Gasteiger partial charge on any atom is 0.362 e. The van der Waals surface area contributed by atoms with Crippen molar-refractivity contribution >= 4 is 22.1 Å². The lowest BCUT2D eigenvalue weighted by molar-refractivity contribution is -0.152. The number of benzene rings is 1. The van der Waals surface area contributed by atoms with Crippen molar-refractivity contribution in [3.8, 4) is 11.5 Å². The smallest absolute Gasteiger partial charge is 0.362 e. The molecular weight excluding hydrogens is 342 g/mol. The zero-order valence-corrected chi connectivity index (χ0v) is 13.0. The lowest BCUT2D eigenvalue weighted by Crippen LogP contribution is -2.68. The number of carbonyl (C=O) groups excluding carboxylic acids is 2. The number of fused-ring (bicyclic) bond motifs is 1. The molecule has 2 amide bonds. The van der Waals surface area contributed by atoms with Gasteiger partial charge in [-0.25, -0.2) is 4.31 Å². The van der Waals surface area contributed by atoms with Crippen molar-refractivity contribution in [1.29, 1.82) is 0 Å². The first kappa shape index (κ1) is 16.5. The maximum absolute atomic E-state index is 12.5. The molecule has 11 heteroatoms. The Bertz CT molecular complexity index is 825. The molecule has 0 radical (unpaired) electrons. The van der Waals surface area contributed by atoms with Gasteiger partial charge in [0.05, 0.1) is 6.04 Å². The van der Waals surface area contributed by atoms with Gasteiger partial charge in [0.25, 0.3) is 5.91 Å². The lowest BCUT2D eigenvalue weighted by Gasteiger charge is -2.42. The summed E-state index contributed by atoms with van der Waals surface area (Å²) in [4.78, 5) is 25.6. The number of rotatable bonds is 3. The highest BCUT2D eigenvalue weighted by atomic mass is 32.2. The molecule has 1 aromatic carbocycles. The van der Waals surface area contributed by atoms with Crippen LogP contribution in [0.4, 0.5) is 0 Å². The number of β-lactam (4-membered cyclic amide) rings is 1. The second-order valence-corrected chi connectivity index (χ2v) is 6.96. The molecule has 10 nitrogen and oxygen atoms in total. The van der Waals surface area contributed by atoms with E-state index in [1.54, 1.807) is 0 Å². The highest BCUT2D eigenvalue weighted by Gasteiger charge is 2.60. The normalized spacial score (nSPS) is 24.5. The van der Waals surface area contributed by atoms with E-state index >= 15 is 0 Å². The summed E-state index contributed by atoms with van der Waals surface area (Å²) in [6.45, 7) is 0.115. The van der Waals surface area contributed by atoms with Crippen molar-refractivity contribution in [3.05, 3.63) is 23.8 Å². The van der Waals surface area contributed by atoms with Crippen LogP contribution in [0.1, 0.15) is 18.0 Å². The van der Waals surface area contributed by atoms with Crippen LogP contribution in [0.5, 0.6) is 11.5 Å². The van der Waals surface area contributed by atoms with Gasteiger partial charge in [-0.05, 0) is 24.1 Å². The first-order valence-corrected chi connectivity index (χ1v) is 8.41. The van der Waals surface area contributed by atoms with Gasteiger partial charge >= 0.3 is 10.3 Å². The van der Waals surface area contributed by atoms with E-state index in [0.717, 1.165) is 6.07 Å². The van der Waals surface area contributed by atoms with E-state index in [2.05, 4.69) is 0 Å². The fourth-order valence-corrected chi connectivity index (χ4v) is 4.02. The number of nitrogens with zero attached hydrogens (tertiary/aromatic N) is 2. The van der Waals surface area contributed by atoms with Gasteiger partial charge < -0.3 is 20.8 Å². The number of likely N-dealkylation sites (tertiary alicyclic amines) is 1. The summed E-state index contributed by atoms with van der Waals surface area (Å²) in [5, 5.41) is 18.8. The van der Waals surface area contributed by atoms with E-state index in [1.165, 1.54) is 17.0 Å². The molecule has 24 heavy (non-hydrogen) atoms. The zero-order chi connectivity index (χ0) is 17.8. The van der Waals surface area contributed by atoms with Gasteiger partial charge in [0.15, 0.2) is 11.5 Å². The number of aromatic hydroxyl groups is 2. The van der Waals surface area contributed by atoms with Gasteiger partial charge in [-0.2, -0.15) is 8.42 Å². The molecule has 5 N–H and O–H groups in total. The summed E-state index contributed by atoms with van der Waals surface area (Å²) in [6.07, 6.45) is 0.204. The molecular formula is C13H15N3O7S. The molecule has 2 heterocycles. The van der Waals surface area contributed by atoms with Crippen LogP contribution in [0.3, 0.4) is 0 Å². The van der Waals surface area contributed by atoms with Crippen molar-refractivity contribution < 1.29 is 32.8 Å². The fourth-order valence-electron chi connectivity index (χ4n) is 3.12. The first-order chi connectivity index (χ1) is 11.1. The minimum absolute atomic E-state index is 0.115. The number of phenols is 2. The van der Waals surface area contributed by atoms with Crippen LogP contribution in [0.2, 0.25) is 0 Å². The Morgan fingerprint density at radius 1 is 1.29 bits per heavy atom. The van der Waals surface area contributed by atoms with Crippen LogP contribution < -0.4 is 5.73 Å². The third-order valence-corrected chi connectivity index (χ3v) is 5.24. The zero-order valence-electron chi connectivity index (χ0n) is 12.2. The van der Waals surface area contributed by atoms with Crippen LogP contribution in [-0.4, -0.2) is 62.8 Å². The van der Waals surface area contributed by atoms with Crippen LogP contribution in [-0.2, 0) is 19.9 Å². The second kappa shape index (κ2) is 5.33. The monoisotopic (exact) mass is 357 g/mol. The van der Waals surface area contributed by atoms with Crippen LogP contribution in [0.15, 0.2) is 18.2 Å². The van der Waals surface area contributed by atoms with Crippen LogP contribution in [0, 0.1) is 0 Å². The molecule has 0 aromatic heterocycles. The Morgan fingerprint density at radius 3 is 2.54 bits per heavy atom. The molecule has 0 spiro atoms. The first-order valence-electron chi connectivity index (χ1n) is 7.01. The molecule has 0 bridgehead atoms. The van der Waals surface area contributed by atoms with Crippen LogP contribution in [0.25, 0.3) is 0 Å². The summed E-state index contributed by atoms with van der Waals surface area (Å²) >= 11 is 0. The molecule has 1 unspecified atom stereocenters. The number of phenolic OH excluding ortho intramolecular Hbond substituents is 2. The highest BCUT2D eigenvalue weighted by Crippen LogP contribution is 2.37. The van der Waals surface area contributed by atoms with Gasteiger partial charge in [-0.1, -0.05) is 6.07 Å². The number of nitrogens with two attached hydrogens (primary N) is 1. The Hall–Kier alpha value is -2.37. The third-order valence-electron chi connectivity index (χ3n) is 4.29. The Labute approximate surface area is 137 Å². The third kappa shape index (κ3) is 2.37. The van der Waals surface area contributed by atoms with Crippen molar-refractivity contribution in [2.45, 2.75) is 24.5 Å². The standard InChI is InChI=1S/C13H15N3O7S/c14-10(6-1-2-8(17)9(18)5-6)12(19)15-4-3-7-11(15)13(20)16(7)24(21,22)23/h1-2,5,7,10-11,17-18H,3-4,14H2,(H,21,22,23)/t7-,10?,11+/m1/s1. The molecule has 130 valence electrons. The van der Waals surface area contributed by atoms with Gasteiger partial charge in [0.1, 0.15) is 12.1 Å². The topological polar surface area (TPSA) is 161 Å². The second-order valence-electron chi connectivity index (χ2n) is 5.67. The minimum atomic E-state index is -4.65. The predicted molar refractivity (Wildman–Crippen MR) is 79.0 cm³/mol. The van der Waals surface area contributed by atoms with Gasteiger partial charge in [-0.15, -0.1) is 0 Å². The number of carbonyl (C=O) groups is 2. The van der Waals surface area contributed by atoms with Crippen LogP contribution >= 0.6 is 0 Å². The van der Waals surface area contributed by atoms with Gasteiger partial charge in [0, 0.05) is 6.54 Å². The summed E-state index contributed by atoms with van der Waals surface area (Å²) in [5.74, 6) is -2.30. The SMILES string of the molecule is NC(C(=O)N1CC[C@@H]2[C@H]1C(=O)N2S(=O)(=O)O)c1ccc(O)c(O)c1. The summed E-state index contributed by atoms with van der Waals surface area (Å²) in [7, 11) is -4.65. The number of amides is 2. The Kier molecular flexibility index (Phi) is 3.66. The number of hydrogen-bond acceptors (Lipinski definition) is 7. The van der Waals surface area contributed by atoms with E-state index in [9.17, 15) is 28.2 Å². The van der Waals surface area contributed by atoms with Crippen molar-refractivity contribution in [3.63, 3.8) is 0 Å². The van der Waals surface area contributed by atoms with E-state index in [0.29, 0.717) is 4.31 Å². The minimum Gasteiger partial charge on any atom is -0.504 e. The summed E-state index contributed by atoms with van der Waals surface area (Å²) < 4.78 is 31.7. The quantitative estimate of drug-likeness (QED) is 0.295. The average Bonchev–Trinajstić information content (AvgIpc) is 2.85. The fraction of sp³-hybridized carbons (Fsp3) is 0.385. The molecule has 0 saturated carbocycles. The van der Waals surface area contributed by atoms with Crippen molar-refractivity contribution in [1.82, 2.24) is 9.21 Å². The highest BCUT2D eigenvalue weighted by molar-refractivity contribution is 7.84.